The monoisotopic (exact) mass is 367 g/mol. The predicted octanol–water partition coefficient (Wildman–Crippen LogP) is 1.12. The minimum atomic E-state index is -3.50. The van der Waals surface area contributed by atoms with Gasteiger partial charge in [0, 0.05) is 38.7 Å². The average molecular weight is 367 g/mol. The van der Waals surface area contributed by atoms with E-state index in [4.69, 9.17) is 0 Å². The smallest absolute Gasteiger partial charge is 0.251 e. The fourth-order valence-corrected chi connectivity index (χ4v) is 4.24. The van der Waals surface area contributed by atoms with E-state index in [0.717, 1.165) is 25.7 Å². The summed E-state index contributed by atoms with van der Waals surface area (Å²) in [5.74, 6) is -0.457. The highest BCUT2D eigenvalue weighted by Crippen LogP contribution is 2.20. The Kier molecular flexibility index (Phi) is 6.95. The highest BCUT2D eigenvalue weighted by molar-refractivity contribution is 7.89. The van der Waals surface area contributed by atoms with Crippen LogP contribution in [0.25, 0.3) is 0 Å². The summed E-state index contributed by atoms with van der Waals surface area (Å²) < 4.78 is 26.9. The molecule has 1 heterocycles. The van der Waals surface area contributed by atoms with Crippen LogP contribution in [-0.2, 0) is 14.8 Å². The Morgan fingerprint density at radius 1 is 0.960 bits per heavy atom. The molecule has 0 radical (unpaired) electrons. The summed E-state index contributed by atoms with van der Waals surface area (Å²) in [5, 5.41) is 5.25. The van der Waals surface area contributed by atoms with Crippen LogP contribution in [-0.4, -0.2) is 50.7 Å². The quantitative estimate of drug-likeness (QED) is 0.737. The fraction of sp³-hybridized carbons (Fsp3) is 0.529. The van der Waals surface area contributed by atoms with E-state index in [2.05, 4.69) is 10.6 Å². The van der Waals surface area contributed by atoms with Crippen LogP contribution in [0.15, 0.2) is 29.2 Å². The van der Waals surface area contributed by atoms with Gasteiger partial charge in [-0.3, -0.25) is 9.59 Å². The number of nitrogens with zero attached hydrogens (tertiary/aromatic N) is 1. The zero-order valence-electron chi connectivity index (χ0n) is 14.5. The van der Waals surface area contributed by atoms with Crippen molar-refractivity contribution >= 4 is 21.8 Å². The Bertz CT molecular complexity index is 693. The summed E-state index contributed by atoms with van der Waals surface area (Å²) in [6, 6.07) is 5.97. The number of carbonyl (C=O) groups excluding carboxylic acids is 2. The van der Waals surface area contributed by atoms with E-state index in [0.29, 0.717) is 31.7 Å². The number of amides is 2. The Morgan fingerprint density at radius 2 is 1.52 bits per heavy atom. The Hall–Kier alpha value is -1.93. The highest BCUT2D eigenvalue weighted by atomic mass is 32.2. The maximum absolute atomic E-state index is 12.7. The Morgan fingerprint density at radius 3 is 2.08 bits per heavy atom. The first-order valence-corrected chi connectivity index (χ1v) is 9.98. The van der Waals surface area contributed by atoms with Gasteiger partial charge in [-0.05, 0) is 37.1 Å². The van der Waals surface area contributed by atoms with Crippen LogP contribution in [0.3, 0.4) is 0 Å². The van der Waals surface area contributed by atoms with Gasteiger partial charge in [0.05, 0.1) is 4.90 Å². The first kappa shape index (κ1) is 19.4. The zero-order valence-corrected chi connectivity index (χ0v) is 15.3. The molecule has 7 nitrogen and oxygen atoms in total. The number of hydrogen-bond donors (Lipinski definition) is 2. The van der Waals surface area contributed by atoms with E-state index >= 15 is 0 Å². The molecule has 25 heavy (non-hydrogen) atoms. The number of carbonyl (C=O) groups is 2. The minimum Gasteiger partial charge on any atom is -0.355 e. The van der Waals surface area contributed by atoms with Crippen molar-refractivity contribution in [3.05, 3.63) is 29.8 Å². The lowest BCUT2D eigenvalue weighted by Gasteiger charge is -2.20. The summed E-state index contributed by atoms with van der Waals surface area (Å²) in [4.78, 5) is 23.0. The molecule has 8 heteroatoms. The van der Waals surface area contributed by atoms with Crippen molar-refractivity contribution < 1.29 is 18.0 Å². The topological polar surface area (TPSA) is 95.6 Å². The van der Waals surface area contributed by atoms with Crippen LogP contribution >= 0.6 is 0 Å². The molecule has 1 fully saturated rings. The summed E-state index contributed by atoms with van der Waals surface area (Å²) >= 11 is 0. The lowest BCUT2D eigenvalue weighted by molar-refractivity contribution is -0.118. The molecule has 1 saturated heterocycles. The third-order valence-electron chi connectivity index (χ3n) is 4.10. The van der Waals surface area contributed by atoms with E-state index in [1.165, 1.54) is 35.5 Å². The molecule has 0 bridgehead atoms. The van der Waals surface area contributed by atoms with Gasteiger partial charge in [-0.15, -0.1) is 0 Å². The van der Waals surface area contributed by atoms with Gasteiger partial charge in [0.2, 0.25) is 15.9 Å². The van der Waals surface area contributed by atoms with Crippen molar-refractivity contribution in [3.8, 4) is 0 Å². The molecule has 2 rings (SSSR count). The molecule has 0 unspecified atom stereocenters. The Labute approximate surface area is 148 Å². The molecular formula is C17H25N3O4S. The van der Waals surface area contributed by atoms with Gasteiger partial charge in [-0.2, -0.15) is 4.31 Å². The number of hydrogen-bond acceptors (Lipinski definition) is 4. The standard InChI is InChI=1S/C17H25N3O4S/c1-14(21)18-10-11-19-17(22)15-6-8-16(9-7-15)25(23,24)20-12-4-2-3-5-13-20/h6-9H,2-5,10-13H2,1H3,(H,18,21)(H,19,22). The summed E-state index contributed by atoms with van der Waals surface area (Å²) in [6.07, 6.45) is 3.88. The molecule has 0 aromatic heterocycles. The van der Waals surface area contributed by atoms with Crippen molar-refractivity contribution in [2.75, 3.05) is 26.2 Å². The van der Waals surface area contributed by atoms with Gasteiger partial charge in [-0.1, -0.05) is 12.8 Å². The summed E-state index contributed by atoms with van der Waals surface area (Å²) in [7, 11) is -3.50. The Balaban J connectivity index is 1.98. The minimum absolute atomic E-state index is 0.155. The second-order valence-electron chi connectivity index (χ2n) is 6.08. The van der Waals surface area contributed by atoms with Crippen molar-refractivity contribution in [1.29, 1.82) is 0 Å². The van der Waals surface area contributed by atoms with Crippen LogP contribution in [0.2, 0.25) is 0 Å². The summed E-state index contributed by atoms with van der Waals surface area (Å²) in [6.45, 7) is 3.17. The van der Waals surface area contributed by atoms with E-state index < -0.39 is 10.0 Å². The van der Waals surface area contributed by atoms with Crippen molar-refractivity contribution in [2.45, 2.75) is 37.5 Å². The van der Waals surface area contributed by atoms with Crippen LogP contribution in [0.5, 0.6) is 0 Å². The lowest BCUT2D eigenvalue weighted by atomic mass is 10.2. The van der Waals surface area contributed by atoms with Gasteiger partial charge in [0.1, 0.15) is 0 Å². The van der Waals surface area contributed by atoms with Crippen LogP contribution in [0.4, 0.5) is 0 Å². The molecule has 2 amide bonds. The van der Waals surface area contributed by atoms with Crippen LogP contribution in [0, 0.1) is 0 Å². The third-order valence-corrected chi connectivity index (χ3v) is 6.02. The van der Waals surface area contributed by atoms with Gasteiger partial charge in [0.25, 0.3) is 5.91 Å². The number of benzene rings is 1. The maximum atomic E-state index is 12.7. The van der Waals surface area contributed by atoms with E-state index in [-0.39, 0.29) is 16.7 Å². The van der Waals surface area contributed by atoms with Crippen molar-refractivity contribution in [2.24, 2.45) is 0 Å². The van der Waals surface area contributed by atoms with Gasteiger partial charge in [0.15, 0.2) is 0 Å². The van der Waals surface area contributed by atoms with Crippen LogP contribution in [0.1, 0.15) is 43.0 Å². The molecule has 2 N–H and O–H groups in total. The lowest BCUT2D eigenvalue weighted by Crippen LogP contribution is -2.33. The molecule has 1 aromatic rings. The molecule has 0 aliphatic carbocycles. The van der Waals surface area contributed by atoms with Gasteiger partial charge >= 0.3 is 0 Å². The van der Waals surface area contributed by atoms with Gasteiger partial charge in [-0.25, -0.2) is 8.42 Å². The second kappa shape index (κ2) is 8.96. The fourth-order valence-electron chi connectivity index (χ4n) is 2.73. The predicted molar refractivity (Wildman–Crippen MR) is 94.7 cm³/mol. The highest BCUT2D eigenvalue weighted by Gasteiger charge is 2.25. The average Bonchev–Trinajstić information content (AvgIpc) is 2.88. The molecule has 1 aromatic carbocycles. The summed E-state index contributed by atoms with van der Waals surface area (Å²) in [5.41, 5.74) is 0.387. The molecule has 1 aliphatic heterocycles. The van der Waals surface area contributed by atoms with E-state index in [9.17, 15) is 18.0 Å². The first-order chi connectivity index (χ1) is 11.9. The molecule has 0 saturated carbocycles. The first-order valence-electron chi connectivity index (χ1n) is 8.54. The van der Waals surface area contributed by atoms with E-state index in [1.807, 2.05) is 0 Å². The molecule has 0 spiro atoms. The molecule has 138 valence electrons. The maximum Gasteiger partial charge on any atom is 0.251 e. The molecule has 0 atom stereocenters. The van der Waals surface area contributed by atoms with E-state index in [1.54, 1.807) is 0 Å². The SMILES string of the molecule is CC(=O)NCCNC(=O)c1ccc(S(=O)(=O)N2CCCCCC2)cc1. The molecular weight excluding hydrogens is 342 g/mol. The second-order valence-corrected chi connectivity index (χ2v) is 8.02. The number of nitrogens with one attached hydrogen (secondary N) is 2. The molecule has 1 aliphatic rings. The van der Waals surface area contributed by atoms with Crippen molar-refractivity contribution in [1.82, 2.24) is 14.9 Å². The van der Waals surface area contributed by atoms with Gasteiger partial charge < -0.3 is 10.6 Å². The zero-order chi connectivity index (χ0) is 18.3. The number of sulfonamides is 1. The number of rotatable bonds is 6. The van der Waals surface area contributed by atoms with Crippen molar-refractivity contribution in [3.63, 3.8) is 0 Å². The third kappa shape index (κ3) is 5.54. The van der Waals surface area contributed by atoms with Crippen LogP contribution < -0.4 is 10.6 Å². The normalized spacial score (nSPS) is 16.0. The largest absolute Gasteiger partial charge is 0.355 e.